The number of carbonyl (C=O) groups is 3. The zero-order chi connectivity index (χ0) is 31.1. The molecule has 0 aliphatic carbocycles. The molecule has 0 saturated heterocycles. The van der Waals surface area contributed by atoms with Crippen molar-refractivity contribution < 1.29 is 24.2 Å². The lowest BCUT2D eigenvalue weighted by Crippen LogP contribution is -2.56. The zero-order valence-electron chi connectivity index (χ0n) is 26.4. The highest BCUT2D eigenvalue weighted by Gasteiger charge is 2.40. The van der Waals surface area contributed by atoms with E-state index in [0.29, 0.717) is 23.6 Å². The van der Waals surface area contributed by atoms with Gasteiger partial charge in [0.25, 0.3) is 5.91 Å². The van der Waals surface area contributed by atoms with Crippen molar-refractivity contribution in [3.05, 3.63) is 59.2 Å². The van der Waals surface area contributed by atoms with Crippen LogP contribution in [0.25, 0.3) is 0 Å². The van der Waals surface area contributed by atoms with E-state index < -0.39 is 35.6 Å². The summed E-state index contributed by atoms with van der Waals surface area (Å²) in [4.78, 5) is 43.1. The molecule has 8 heteroatoms. The van der Waals surface area contributed by atoms with E-state index in [1.807, 2.05) is 52.8 Å². The van der Waals surface area contributed by atoms with Crippen LogP contribution in [0.15, 0.2) is 42.5 Å². The quantitative estimate of drug-likeness (QED) is 0.274. The van der Waals surface area contributed by atoms with E-state index in [9.17, 15) is 19.5 Å². The molecule has 3 atom stereocenters. The first-order chi connectivity index (χ1) is 19.0. The molecule has 0 radical (unpaired) electrons. The Bertz CT molecular complexity index is 1180. The smallest absolute Gasteiger partial charge is 0.408 e. The molecule has 0 fully saturated rings. The van der Waals surface area contributed by atoms with Crippen molar-refractivity contribution in [1.82, 2.24) is 10.2 Å². The summed E-state index contributed by atoms with van der Waals surface area (Å²) in [6.45, 7) is 18.9. The van der Waals surface area contributed by atoms with Gasteiger partial charge < -0.3 is 25.4 Å². The van der Waals surface area contributed by atoms with E-state index in [2.05, 4.69) is 24.5 Å². The van der Waals surface area contributed by atoms with Crippen molar-refractivity contribution in [2.24, 2.45) is 11.8 Å². The molecular formula is C33H49N3O5. The number of phenolic OH excluding ortho intramolecular Hbond substituents is 1. The summed E-state index contributed by atoms with van der Waals surface area (Å²) < 4.78 is 5.47. The number of aromatic hydroxyl groups is 1. The highest BCUT2D eigenvalue weighted by molar-refractivity contribution is 6.00. The van der Waals surface area contributed by atoms with Gasteiger partial charge in [-0.2, -0.15) is 0 Å². The third-order valence-corrected chi connectivity index (χ3v) is 6.94. The molecule has 0 aromatic heterocycles. The van der Waals surface area contributed by atoms with E-state index in [0.717, 1.165) is 17.5 Å². The normalized spacial score (nSPS) is 13.9. The minimum absolute atomic E-state index is 0.0121. The van der Waals surface area contributed by atoms with Gasteiger partial charge in [-0.15, -0.1) is 0 Å². The number of hydrogen-bond acceptors (Lipinski definition) is 5. The van der Waals surface area contributed by atoms with Gasteiger partial charge >= 0.3 is 6.09 Å². The van der Waals surface area contributed by atoms with Gasteiger partial charge in [0.05, 0.1) is 0 Å². The third kappa shape index (κ3) is 9.80. The Hall–Kier alpha value is -3.55. The highest BCUT2D eigenvalue weighted by atomic mass is 16.6. The molecule has 226 valence electrons. The number of benzene rings is 2. The minimum Gasteiger partial charge on any atom is -0.508 e. The number of para-hydroxylation sites is 1. The van der Waals surface area contributed by atoms with Crippen LogP contribution < -0.4 is 10.6 Å². The van der Waals surface area contributed by atoms with E-state index >= 15 is 0 Å². The van der Waals surface area contributed by atoms with E-state index in [1.165, 1.54) is 12.1 Å². The van der Waals surface area contributed by atoms with Gasteiger partial charge in [-0.1, -0.05) is 58.0 Å². The number of hydrogen-bond donors (Lipinski definition) is 3. The molecule has 8 nitrogen and oxygen atoms in total. The standard InChI is InChI=1S/C33H49N3O5/c1-20(2)17-18-24(7)36(31(39)27(21(3)4)35-32(40)41-33(8,9)10)29(25-15-12-16-26(37)19-25)30(38)34-28-22(5)13-11-14-23(28)6/h11-16,19-21,24,27,29,37H,17-18H2,1-10H3,(H,34,38)(H,35,40). The number of nitrogens with zero attached hydrogens (tertiary/aromatic N) is 1. The van der Waals surface area contributed by atoms with Crippen LogP contribution in [0.2, 0.25) is 0 Å². The molecule has 0 bridgehead atoms. The van der Waals surface area contributed by atoms with Crippen molar-refractivity contribution in [2.75, 3.05) is 5.32 Å². The summed E-state index contributed by atoms with van der Waals surface area (Å²) in [5, 5.41) is 16.2. The maximum atomic E-state index is 14.5. The van der Waals surface area contributed by atoms with Crippen LogP contribution in [0.5, 0.6) is 5.75 Å². The van der Waals surface area contributed by atoms with Crippen LogP contribution in [0.4, 0.5) is 10.5 Å². The van der Waals surface area contributed by atoms with Gasteiger partial charge in [0.2, 0.25) is 5.91 Å². The topological polar surface area (TPSA) is 108 Å². The van der Waals surface area contributed by atoms with E-state index in [-0.39, 0.29) is 17.7 Å². The summed E-state index contributed by atoms with van der Waals surface area (Å²) in [5.74, 6) is -0.717. The average molecular weight is 568 g/mol. The summed E-state index contributed by atoms with van der Waals surface area (Å²) in [6.07, 6.45) is 0.780. The second-order valence-electron chi connectivity index (χ2n) is 12.7. The molecule has 0 aliphatic heterocycles. The fourth-order valence-corrected chi connectivity index (χ4v) is 4.76. The zero-order valence-corrected chi connectivity index (χ0v) is 26.4. The molecule has 3 N–H and O–H groups in total. The van der Waals surface area contributed by atoms with Crippen molar-refractivity contribution in [3.8, 4) is 5.75 Å². The molecule has 0 heterocycles. The number of anilines is 1. The lowest BCUT2D eigenvalue weighted by Gasteiger charge is -2.39. The van der Waals surface area contributed by atoms with Crippen LogP contribution >= 0.6 is 0 Å². The SMILES string of the molecule is Cc1cccc(C)c1NC(=O)C(c1cccc(O)c1)N(C(=O)C(NC(=O)OC(C)(C)C)C(C)C)C(C)CCC(C)C. The fraction of sp³-hybridized carbons (Fsp3) is 0.545. The molecule has 2 rings (SSSR count). The predicted molar refractivity (Wildman–Crippen MR) is 164 cm³/mol. The first-order valence-electron chi connectivity index (χ1n) is 14.5. The molecule has 0 aliphatic rings. The van der Waals surface area contributed by atoms with E-state index in [1.54, 1.807) is 37.8 Å². The fourth-order valence-electron chi connectivity index (χ4n) is 4.76. The molecule has 2 aromatic rings. The average Bonchev–Trinajstić information content (AvgIpc) is 2.84. The Labute approximate surface area is 245 Å². The molecule has 3 amide bonds. The summed E-state index contributed by atoms with van der Waals surface area (Å²) >= 11 is 0. The van der Waals surface area contributed by atoms with Gasteiger partial charge in [0, 0.05) is 11.7 Å². The maximum Gasteiger partial charge on any atom is 0.408 e. The van der Waals surface area contributed by atoms with Crippen LogP contribution in [0.3, 0.4) is 0 Å². The molecular weight excluding hydrogens is 518 g/mol. The minimum atomic E-state index is -1.07. The number of nitrogens with one attached hydrogen (secondary N) is 2. The first kappa shape index (κ1) is 33.7. The lowest BCUT2D eigenvalue weighted by atomic mass is 9.94. The Morgan fingerprint density at radius 3 is 2.02 bits per heavy atom. The van der Waals surface area contributed by atoms with Gasteiger partial charge in [0.15, 0.2) is 0 Å². The highest BCUT2D eigenvalue weighted by Crippen LogP contribution is 2.32. The molecule has 0 saturated carbocycles. The molecule has 3 unspecified atom stereocenters. The molecule has 41 heavy (non-hydrogen) atoms. The Kier molecular flexibility index (Phi) is 11.8. The second kappa shape index (κ2) is 14.4. The Balaban J connectivity index is 2.66. The largest absolute Gasteiger partial charge is 0.508 e. The third-order valence-electron chi connectivity index (χ3n) is 6.94. The van der Waals surface area contributed by atoms with Crippen LogP contribution in [-0.2, 0) is 14.3 Å². The van der Waals surface area contributed by atoms with Gasteiger partial charge in [-0.3, -0.25) is 9.59 Å². The van der Waals surface area contributed by atoms with Crippen molar-refractivity contribution in [2.45, 2.75) is 106 Å². The number of carbonyl (C=O) groups excluding carboxylic acids is 3. The monoisotopic (exact) mass is 567 g/mol. The Morgan fingerprint density at radius 1 is 0.927 bits per heavy atom. The number of aryl methyl sites for hydroxylation is 2. The summed E-state index contributed by atoms with van der Waals surface area (Å²) in [5.41, 5.74) is 2.19. The van der Waals surface area contributed by atoms with Gasteiger partial charge in [-0.25, -0.2) is 4.79 Å². The predicted octanol–water partition coefficient (Wildman–Crippen LogP) is 6.89. The Morgan fingerprint density at radius 2 is 1.51 bits per heavy atom. The van der Waals surface area contributed by atoms with E-state index in [4.69, 9.17) is 4.74 Å². The van der Waals surface area contributed by atoms with Crippen LogP contribution in [-0.4, -0.2) is 45.6 Å². The van der Waals surface area contributed by atoms with Gasteiger partial charge in [-0.05, 0) is 95.0 Å². The number of phenols is 1. The van der Waals surface area contributed by atoms with Crippen LogP contribution in [0, 0.1) is 25.7 Å². The van der Waals surface area contributed by atoms with Crippen molar-refractivity contribution in [3.63, 3.8) is 0 Å². The van der Waals surface area contributed by atoms with Gasteiger partial charge in [0.1, 0.15) is 23.4 Å². The van der Waals surface area contributed by atoms with Crippen molar-refractivity contribution in [1.29, 1.82) is 0 Å². The molecule has 0 spiro atoms. The van der Waals surface area contributed by atoms with Crippen molar-refractivity contribution >= 4 is 23.6 Å². The summed E-state index contributed by atoms with van der Waals surface area (Å²) in [6, 6.07) is 9.81. The summed E-state index contributed by atoms with van der Waals surface area (Å²) in [7, 11) is 0. The number of ether oxygens (including phenoxy) is 1. The first-order valence-corrected chi connectivity index (χ1v) is 14.5. The number of rotatable bonds is 11. The second-order valence-corrected chi connectivity index (χ2v) is 12.7. The van der Waals surface area contributed by atoms with Crippen LogP contribution in [0.1, 0.15) is 91.0 Å². The lowest BCUT2D eigenvalue weighted by molar-refractivity contribution is -0.144. The molecule has 2 aromatic carbocycles. The number of alkyl carbamates (subject to hydrolysis) is 1. The maximum absolute atomic E-state index is 14.5. The number of amides is 3.